The van der Waals surface area contributed by atoms with E-state index in [-0.39, 0.29) is 5.95 Å². The molecule has 0 aliphatic carbocycles. The topological polar surface area (TPSA) is 91.4 Å². The van der Waals surface area contributed by atoms with Crippen LogP contribution < -0.4 is 10.6 Å². The fraction of sp³-hybridized carbons (Fsp3) is 0.333. The minimum absolute atomic E-state index is 0.283. The molecule has 0 fully saturated rings. The highest BCUT2D eigenvalue weighted by atomic mass is 19.1. The number of rotatable bonds is 7. The number of halogens is 2. The first-order valence-electron chi connectivity index (χ1n) is 8.70. The lowest BCUT2D eigenvalue weighted by Crippen LogP contribution is -2.13. The quantitative estimate of drug-likeness (QED) is 0.579. The summed E-state index contributed by atoms with van der Waals surface area (Å²) in [6.45, 7) is 5.56. The highest BCUT2D eigenvalue weighted by molar-refractivity contribution is 5.49. The Morgan fingerprint density at radius 3 is 2.63 bits per heavy atom. The molecule has 1 atom stereocenters. The first kappa shape index (κ1) is 18.7. The zero-order chi connectivity index (χ0) is 19.4. The number of benzene rings is 1. The van der Waals surface area contributed by atoms with Crippen molar-refractivity contribution < 1.29 is 8.78 Å². The van der Waals surface area contributed by atoms with Gasteiger partial charge in [-0.1, -0.05) is 19.4 Å². The molecule has 0 bridgehead atoms. The van der Waals surface area contributed by atoms with Crippen molar-refractivity contribution in [3.63, 3.8) is 0 Å². The first-order chi connectivity index (χ1) is 12.9. The second-order valence-corrected chi connectivity index (χ2v) is 6.22. The van der Waals surface area contributed by atoms with E-state index in [0.29, 0.717) is 23.2 Å². The number of H-pyrrole nitrogens is 1. The van der Waals surface area contributed by atoms with Gasteiger partial charge in [0, 0.05) is 23.4 Å². The van der Waals surface area contributed by atoms with Gasteiger partial charge in [-0.05, 0) is 26.3 Å². The van der Waals surface area contributed by atoms with E-state index in [0.717, 1.165) is 24.6 Å². The molecule has 0 spiro atoms. The summed E-state index contributed by atoms with van der Waals surface area (Å²) in [5.41, 5.74) is 1.34. The molecule has 142 valence electrons. The monoisotopic (exact) mass is 373 g/mol. The van der Waals surface area contributed by atoms with Crippen LogP contribution in [0.1, 0.15) is 43.4 Å². The third-order valence-electron chi connectivity index (χ3n) is 3.91. The molecule has 0 amide bonds. The molecule has 9 heteroatoms. The molecule has 7 nitrogen and oxygen atoms in total. The number of nitrogens with zero attached hydrogens (tertiary/aromatic N) is 4. The van der Waals surface area contributed by atoms with Crippen LogP contribution in [-0.4, -0.2) is 25.1 Å². The van der Waals surface area contributed by atoms with E-state index in [4.69, 9.17) is 0 Å². The molecule has 1 unspecified atom stereocenters. The number of anilines is 3. The molecular formula is C18H21F2N7. The summed E-state index contributed by atoms with van der Waals surface area (Å²) in [6, 6.07) is 4.90. The van der Waals surface area contributed by atoms with E-state index in [1.165, 1.54) is 12.1 Å². The van der Waals surface area contributed by atoms with Crippen LogP contribution in [0.15, 0.2) is 24.3 Å². The molecule has 1 aromatic carbocycles. The fourth-order valence-electron chi connectivity index (χ4n) is 2.66. The lowest BCUT2D eigenvalue weighted by Gasteiger charge is -2.15. The molecule has 0 saturated carbocycles. The van der Waals surface area contributed by atoms with Crippen LogP contribution in [0.25, 0.3) is 0 Å². The Labute approximate surface area is 155 Å². The van der Waals surface area contributed by atoms with Crippen molar-refractivity contribution in [1.29, 1.82) is 0 Å². The van der Waals surface area contributed by atoms with Crippen molar-refractivity contribution >= 4 is 17.7 Å². The zero-order valence-electron chi connectivity index (χ0n) is 15.3. The Bertz CT molecular complexity index is 926. The summed E-state index contributed by atoms with van der Waals surface area (Å²) in [5.74, 6) is 0.460. The van der Waals surface area contributed by atoms with Gasteiger partial charge < -0.3 is 10.6 Å². The van der Waals surface area contributed by atoms with E-state index in [2.05, 4.69) is 42.7 Å². The SMILES string of the molecule is CCCc1cc(Nc2nc(C)nc(NC(C)c3ccc(F)cc3F)n2)n[nH]1. The average molecular weight is 373 g/mol. The second kappa shape index (κ2) is 8.07. The van der Waals surface area contributed by atoms with Crippen LogP contribution in [0.4, 0.5) is 26.5 Å². The molecule has 27 heavy (non-hydrogen) atoms. The summed E-state index contributed by atoms with van der Waals surface area (Å²) in [6.07, 6.45) is 1.91. The lowest BCUT2D eigenvalue weighted by molar-refractivity contribution is 0.566. The number of aromatic nitrogens is 5. The molecule has 3 rings (SSSR count). The van der Waals surface area contributed by atoms with Gasteiger partial charge in [0.15, 0.2) is 5.82 Å². The maximum Gasteiger partial charge on any atom is 0.233 e. The van der Waals surface area contributed by atoms with Crippen LogP contribution >= 0.6 is 0 Å². The molecule has 0 radical (unpaired) electrons. The predicted molar refractivity (Wildman–Crippen MR) is 98.8 cm³/mol. The molecule has 0 aliphatic rings. The Hall–Kier alpha value is -3.10. The fourth-order valence-corrected chi connectivity index (χ4v) is 2.66. The Balaban J connectivity index is 1.76. The van der Waals surface area contributed by atoms with Gasteiger partial charge in [0.25, 0.3) is 0 Å². The highest BCUT2D eigenvalue weighted by Crippen LogP contribution is 2.22. The van der Waals surface area contributed by atoms with E-state index in [9.17, 15) is 8.78 Å². The van der Waals surface area contributed by atoms with Gasteiger partial charge in [-0.3, -0.25) is 5.10 Å². The van der Waals surface area contributed by atoms with Gasteiger partial charge in [0.1, 0.15) is 17.5 Å². The summed E-state index contributed by atoms with van der Waals surface area (Å²) >= 11 is 0. The minimum atomic E-state index is -0.626. The second-order valence-electron chi connectivity index (χ2n) is 6.22. The largest absolute Gasteiger partial charge is 0.347 e. The van der Waals surface area contributed by atoms with Crippen LogP contribution in [-0.2, 0) is 6.42 Å². The zero-order valence-corrected chi connectivity index (χ0v) is 15.3. The summed E-state index contributed by atoms with van der Waals surface area (Å²) < 4.78 is 27.0. The third kappa shape index (κ3) is 4.75. The first-order valence-corrected chi connectivity index (χ1v) is 8.70. The standard InChI is InChI=1S/C18H21F2N7/c1-4-5-13-9-16(27-26-13)24-18-23-11(3)22-17(25-18)21-10(2)14-7-6-12(19)8-15(14)20/h6-10H,4-5H2,1-3H3,(H3,21,22,23,24,25,26,27). The highest BCUT2D eigenvalue weighted by Gasteiger charge is 2.14. The van der Waals surface area contributed by atoms with Crippen LogP contribution in [0.2, 0.25) is 0 Å². The minimum Gasteiger partial charge on any atom is -0.347 e. The van der Waals surface area contributed by atoms with Crippen molar-refractivity contribution in [2.75, 3.05) is 10.6 Å². The van der Waals surface area contributed by atoms with E-state index in [1.807, 2.05) is 6.07 Å². The molecule has 3 N–H and O–H groups in total. The van der Waals surface area contributed by atoms with Crippen molar-refractivity contribution in [3.05, 3.63) is 53.0 Å². The van der Waals surface area contributed by atoms with Gasteiger partial charge in [-0.2, -0.15) is 20.1 Å². The van der Waals surface area contributed by atoms with E-state index < -0.39 is 17.7 Å². The molecule has 0 aliphatic heterocycles. The van der Waals surface area contributed by atoms with E-state index in [1.54, 1.807) is 13.8 Å². The Morgan fingerprint density at radius 2 is 1.89 bits per heavy atom. The normalized spacial score (nSPS) is 12.0. The van der Waals surface area contributed by atoms with Crippen LogP contribution in [0, 0.1) is 18.6 Å². The van der Waals surface area contributed by atoms with Crippen LogP contribution in [0.5, 0.6) is 0 Å². The predicted octanol–water partition coefficient (Wildman–Crippen LogP) is 4.05. The molecule has 2 aromatic heterocycles. The van der Waals surface area contributed by atoms with Crippen molar-refractivity contribution in [2.45, 2.75) is 39.7 Å². The number of nitrogens with one attached hydrogen (secondary N) is 3. The maximum absolute atomic E-state index is 14.0. The summed E-state index contributed by atoms with van der Waals surface area (Å²) in [5, 5.41) is 13.2. The Morgan fingerprint density at radius 1 is 1.11 bits per heavy atom. The van der Waals surface area contributed by atoms with Crippen molar-refractivity contribution in [2.24, 2.45) is 0 Å². The van der Waals surface area contributed by atoms with Crippen LogP contribution in [0.3, 0.4) is 0 Å². The summed E-state index contributed by atoms with van der Waals surface area (Å²) in [7, 11) is 0. The van der Waals surface area contributed by atoms with Crippen molar-refractivity contribution in [3.8, 4) is 0 Å². The molecule has 3 aromatic rings. The number of hydrogen-bond acceptors (Lipinski definition) is 6. The molecule has 2 heterocycles. The number of hydrogen-bond donors (Lipinski definition) is 3. The smallest absolute Gasteiger partial charge is 0.233 e. The maximum atomic E-state index is 14.0. The van der Waals surface area contributed by atoms with Gasteiger partial charge in [-0.25, -0.2) is 8.78 Å². The van der Waals surface area contributed by atoms with Gasteiger partial charge >= 0.3 is 0 Å². The van der Waals surface area contributed by atoms with Gasteiger partial charge in [0.2, 0.25) is 11.9 Å². The lowest BCUT2D eigenvalue weighted by atomic mass is 10.1. The van der Waals surface area contributed by atoms with Gasteiger partial charge in [-0.15, -0.1) is 0 Å². The average Bonchev–Trinajstić information content (AvgIpc) is 3.01. The third-order valence-corrected chi connectivity index (χ3v) is 3.91. The van der Waals surface area contributed by atoms with Crippen molar-refractivity contribution in [1.82, 2.24) is 25.1 Å². The summed E-state index contributed by atoms with van der Waals surface area (Å²) in [4.78, 5) is 12.8. The molecular weight excluding hydrogens is 352 g/mol. The van der Waals surface area contributed by atoms with E-state index >= 15 is 0 Å². The number of aryl methyl sites for hydroxylation is 2. The molecule has 0 saturated heterocycles. The number of aromatic amines is 1. The Kier molecular flexibility index (Phi) is 5.58. The van der Waals surface area contributed by atoms with Gasteiger partial charge in [0.05, 0.1) is 6.04 Å².